The first-order valence-corrected chi connectivity index (χ1v) is 7.52. The van der Waals surface area contributed by atoms with Crippen molar-refractivity contribution >= 4 is 28.9 Å². The summed E-state index contributed by atoms with van der Waals surface area (Å²) in [5, 5.41) is 13.5. The smallest absolute Gasteiger partial charge is 0.339 e. The fourth-order valence-corrected chi connectivity index (χ4v) is 2.09. The van der Waals surface area contributed by atoms with Gasteiger partial charge in [-0.25, -0.2) is 4.79 Å². The molecule has 0 saturated heterocycles. The number of hydrogen-bond acceptors (Lipinski definition) is 7. The van der Waals surface area contributed by atoms with E-state index < -0.39 is 28.6 Å². The zero-order chi connectivity index (χ0) is 19.3. The Bertz CT molecular complexity index is 852. The van der Waals surface area contributed by atoms with E-state index in [0.717, 1.165) is 6.07 Å². The van der Waals surface area contributed by atoms with Gasteiger partial charge in [-0.2, -0.15) is 0 Å². The predicted molar refractivity (Wildman–Crippen MR) is 94.0 cm³/mol. The highest BCUT2D eigenvalue weighted by atomic mass is 16.6. The van der Waals surface area contributed by atoms with Gasteiger partial charge in [-0.1, -0.05) is 12.1 Å². The van der Waals surface area contributed by atoms with Crippen molar-refractivity contribution in [2.24, 2.45) is 0 Å². The van der Waals surface area contributed by atoms with E-state index in [1.165, 1.54) is 26.2 Å². The Morgan fingerprint density at radius 3 is 2.58 bits per heavy atom. The molecule has 0 saturated carbocycles. The van der Waals surface area contributed by atoms with E-state index in [9.17, 15) is 19.7 Å². The molecule has 2 aromatic carbocycles. The first-order valence-electron chi connectivity index (χ1n) is 7.52. The fourth-order valence-electron chi connectivity index (χ4n) is 2.09. The van der Waals surface area contributed by atoms with E-state index in [2.05, 4.69) is 5.32 Å². The number of rotatable bonds is 6. The molecule has 0 unspecified atom stereocenters. The second-order valence-corrected chi connectivity index (χ2v) is 5.27. The number of nitro benzene ring substituents is 1. The van der Waals surface area contributed by atoms with Crippen molar-refractivity contribution in [3.63, 3.8) is 0 Å². The van der Waals surface area contributed by atoms with Gasteiger partial charge in [0.05, 0.1) is 23.3 Å². The summed E-state index contributed by atoms with van der Waals surface area (Å²) in [6, 6.07) is 10.3. The van der Waals surface area contributed by atoms with E-state index in [0.29, 0.717) is 11.4 Å². The number of nitrogens with one attached hydrogen (secondary N) is 1. The van der Waals surface area contributed by atoms with Gasteiger partial charge >= 0.3 is 5.97 Å². The van der Waals surface area contributed by atoms with E-state index in [-0.39, 0.29) is 11.3 Å². The van der Waals surface area contributed by atoms with Gasteiger partial charge in [0.1, 0.15) is 11.4 Å². The van der Waals surface area contributed by atoms with E-state index >= 15 is 0 Å². The van der Waals surface area contributed by atoms with E-state index in [1.54, 1.807) is 24.3 Å². The Labute approximate surface area is 148 Å². The first kappa shape index (κ1) is 18.7. The molecule has 0 aliphatic carbocycles. The summed E-state index contributed by atoms with van der Waals surface area (Å²) >= 11 is 0. The number of nitro groups is 1. The molecule has 136 valence electrons. The minimum atomic E-state index is -1.14. The molecule has 9 heteroatoms. The van der Waals surface area contributed by atoms with Gasteiger partial charge in [0.25, 0.3) is 11.6 Å². The number of benzene rings is 2. The summed E-state index contributed by atoms with van der Waals surface area (Å²) in [5.74, 6) is -1.00. The summed E-state index contributed by atoms with van der Waals surface area (Å²) in [6.07, 6.45) is -1.14. The molecule has 0 heterocycles. The van der Waals surface area contributed by atoms with Crippen LogP contribution < -0.4 is 15.8 Å². The van der Waals surface area contributed by atoms with Crippen LogP contribution in [0, 0.1) is 10.1 Å². The lowest BCUT2D eigenvalue weighted by Crippen LogP contribution is -2.30. The molecule has 1 atom stereocenters. The maximum Gasteiger partial charge on any atom is 0.339 e. The molecule has 0 bridgehead atoms. The number of hydrogen-bond donors (Lipinski definition) is 2. The van der Waals surface area contributed by atoms with Gasteiger partial charge in [0.15, 0.2) is 6.10 Å². The number of nitrogens with zero attached hydrogens (tertiary/aromatic N) is 1. The first-order chi connectivity index (χ1) is 12.3. The molecular weight excluding hydrogens is 342 g/mol. The van der Waals surface area contributed by atoms with Gasteiger partial charge < -0.3 is 20.5 Å². The van der Waals surface area contributed by atoms with Crippen molar-refractivity contribution in [1.82, 2.24) is 0 Å². The van der Waals surface area contributed by atoms with Crippen LogP contribution in [0.1, 0.15) is 17.3 Å². The number of ether oxygens (including phenoxy) is 2. The number of esters is 1. The second-order valence-electron chi connectivity index (χ2n) is 5.27. The minimum Gasteiger partial charge on any atom is -0.495 e. The molecule has 1 amide bonds. The number of carbonyl (C=O) groups is 2. The third kappa shape index (κ3) is 4.26. The number of methoxy groups -OCH3 is 1. The lowest BCUT2D eigenvalue weighted by atomic mass is 10.2. The largest absolute Gasteiger partial charge is 0.495 e. The molecule has 0 fully saturated rings. The van der Waals surface area contributed by atoms with Crippen LogP contribution in [-0.2, 0) is 9.53 Å². The lowest BCUT2D eigenvalue weighted by Gasteiger charge is -2.15. The average molecular weight is 359 g/mol. The van der Waals surface area contributed by atoms with Crippen LogP contribution in [0.15, 0.2) is 42.5 Å². The highest BCUT2D eigenvalue weighted by molar-refractivity contribution is 5.98. The zero-order valence-corrected chi connectivity index (χ0v) is 14.1. The SMILES string of the molecule is COc1ccccc1NC(=O)[C@@H](C)OC(=O)c1ccc(N)c([N+](=O)[O-])c1. The molecule has 26 heavy (non-hydrogen) atoms. The molecule has 9 nitrogen and oxygen atoms in total. The Morgan fingerprint density at radius 2 is 1.92 bits per heavy atom. The second kappa shape index (κ2) is 7.97. The summed E-state index contributed by atoms with van der Waals surface area (Å²) < 4.78 is 10.2. The van der Waals surface area contributed by atoms with Crippen molar-refractivity contribution in [2.45, 2.75) is 13.0 Å². The van der Waals surface area contributed by atoms with Gasteiger partial charge in [-0.3, -0.25) is 14.9 Å². The summed E-state index contributed by atoms with van der Waals surface area (Å²) in [6.45, 7) is 1.38. The van der Waals surface area contributed by atoms with Crippen LogP contribution in [0.3, 0.4) is 0 Å². The van der Waals surface area contributed by atoms with Crippen LogP contribution in [0.4, 0.5) is 17.1 Å². The van der Waals surface area contributed by atoms with Crippen molar-refractivity contribution in [1.29, 1.82) is 0 Å². The highest BCUT2D eigenvalue weighted by Gasteiger charge is 2.22. The standard InChI is InChI=1S/C17H17N3O6/c1-10(16(21)19-13-5-3-4-6-15(13)25-2)26-17(22)11-7-8-12(18)14(9-11)20(23)24/h3-10H,18H2,1-2H3,(H,19,21)/t10-/m1/s1. The van der Waals surface area contributed by atoms with E-state index in [1.807, 2.05) is 0 Å². The Hall–Kier alpha value is -3.62. The van der Waals surface area contributed by atoms with Crippen molar-refractivity contribution < 1.29 is 24.0 Å². The number of amides is 1. The maximum absolute atomic E-state index is 12.2. The third-order valence-electron chi connectivity index (χ3n) is 3.48. The predicted octanol–water partition coefficient (Wildman–Crippen LogP) is 2.37. The monoisotopic (exact) mass is 359 g/mol. The Balaban J connectivity index is 2.08. The zero-order valence-electron chi connectivity index (χ0n) is 14.1. The molecule has 0 aliphatic rings. The molecule has 0 aromatic heterocycles. The van der Waals surface area contributed by atoms with Crippen LogP contribution >= 0.6 is 0 Å². The number of para-hydroxylation sites is 2. The lowest BCUT2D eigenvalue weighted by molar-refractivity contribution is -0.383. The van der Waals surface area contributed by atoms with Crippen LogP contribution in [0.5, 0.6) is 5.75 Å². The Morgan fingerprint density at radius 1 is 1.23 bits per heavy atom. The van der Waals surface area contributed by atoms with Crippen molar-refractivity contribution in [2.75, 3.05) is 18.2 Å². The van der Waals surface area contributed by atoms with Crippen LogP contribution in [-0.4, -0.2) is 30.0 Å². The molecule has 3 N–H and O–H groups in total. The van der Waals surface area contributed by atoms with Gasteiger partial charge in [-0.05, 0) is 31.2 Å². The number of nitrogens with two attached hydrogens (primary N) is 1. The molecule has 2 aromatic rings. The summed E-state index contributed by atoms with van der Waals surface area (Å²) in [5.41, 5.74) is 5.34. The van der Waals surface area contributed by atoms with E-state index in [4.69, 9.17) is 15.2 Å². The number of anilines is 2. The minimum absolute atomic E-state index is 0.0754. The molecule has 0 aliphatic heterocycles. The quantitative estimate of drug-likeness (QED) is 0.350. The maximum atomic E-state index is 12.2. The average Bonchev–Trinajstić information content (AvgIpc) is 2.62. The van der Waals surface area contributed by atoms with Crippen molar-refractivity contribution in [3.8, 4) is 5.75 Å². The highest BCUT2D eigenvalue weighted by Crippen LogP contribution is 2.24. The van der Waals surface area contributed by atoms with Crippen LogP contribution in [0.25, 0.3) is 0 Å². The summed E-state index contributed by atoms with van der Waals surface area (Å²) in [4.78, 5) is 34.5. The number of nitrogen functional groups attached to an aromatic ring is 1. The third-order valence-corrected chi connectivity index (χ3v) is 3.48. The van der Waals surface area contributed by atoms with Gasteiger partial charge in [0, 0.05) is 6.07 Å². The summed E-state index contributed by atoms with van der Waals surface area (Å²) in [7, 11) is 1.46. The molecule has 0 radical (unpaired) electrons. The fraction of sp³-hybridized carbons (Fsp3) is 0.176. The Kier molecular flexibility index (Phi) is 5.74. The molecular formula is C17H17N3O6. The van der Waals surface area contributed by atoms with Crippen LogP contribution in [0.2, 0.25) is 0 Å². The topological polar surface area (TPSA) is 134 Å². The van der Waals surface area contributed by atoms with Gasteiger partial charge in [0.2, 0.25) is 0 Å². The molecule has 2 rings (SSSR count). The number of carbonyl (C=O) groups excluding carboxylic acids is 2. The normalized spacial score (nSPS) is 11.3. The van der Waals surface area contributed by atoms with Gasteiger partial charge in [-0.15, -0.1) is 0 Å². The molecule has 0 spiro atoms. The van der Waals surface area contributed by atoms with Crippen molar-refractivity contribution in [3.05, 3.63) is 58.1 Å².